The highest BCUT2D eigenvalue weighted by molar-refractivity contribution is 9.10. The fraction of sp³-hybridized carbons (Fsp3) is 0.455. The minimum absolute atomic E-state index is 0.318. The van der Waals surface area contributed by atoms with E-state index in [1.165, 1.54) is 5.56 Å². The van der Waals surface area contributed by atoms with Crippen LogP contribution in [0.2, 0.25) is 0 Å². The molecule has 1 atom stereocenters. The van der Waals surface area contributed by atoms with E-state index >= 15 is 0 Å². The number of aliphatic hydroxyl groups excluding tert-OH is 1. The summed E-state index contributed by atoms with van der Waals surface area (Å²) in [5.74, 6) is 0. The van der Waals surface area contributed by atoms with Crippen LogP contribution in [-0.2, 0) is 0 Å². The minimum Gasteiger partial charge on any atom is -0.388 e. The quantitative estimate of drug-likeness (QED) is 0.860. The van der Waals surface area contributed by atoms with E-state index in [-0.39, 0.29) is 6.10 Å². The van der Waals surface area contributed by atoms with Gasteiger partial charge < -0.3 is 5.11 Å². The monoisotopic (exact) mass is 242 g/mol. The second-order valence-electron chi connectivity index (χ2n) is 3.37. The summed E-state index contributed by atoms with van der Waals surface area (Å²) in [5, 5.41) is 9.75. The van der Waals surface area contributed by atoms with Crippen molar-refractivity contribution in [3.8, 4) is 0 Å². The number of aliphatic hydroxyl groups is 1. The molecule has 0 fully saturated rings. The van der Waals surface area contributed by atoms with Crippen molar-refractivity contribution in [1.82, 2.24) is 0 Å². The van der Waals surface area contributed by atoms with Gasteiger partial charge in [0, 0.05) is 4.47 Å². The van der Waals surface area contributed by atoms with Crippen molar-refractivity contribution >= 4 is 15.9 Å². The summed E-state index contributed by atoms with van der Waals surface area (Å²) in [5.41, 5.74) is 2.19. The Labute approximate surface area is 87.9 Å². The number of rotatable bonds is 3. The lowest BCUT2D eigenvalue weighted by atomic mass is 10.0. The fourth-order valence-corrected chi connectivity index (χ4v) is 2.02. The third-order valence-electron chi connectivity index (χ3n) is 2.01. The van der Waals surface area contributed by atoms with E-state index in [0.717, 1.165) is 22.9 Å². The molecule has 72 valence electrons. The molecule has 1 aromatic carbocycles. The van der Waals surface area contributed by atoms with Crippen LogP contribution in [0.4, 0.5) is 0 Å². The van der Waals surface area contributed by atoms with Crippen molar-refractivity contribution in [3.63, 3.8) is 0 Å². The van der Waals surface area contributed by atoms with Gasteiger partial charge in [0.05, 0.1) is 6.10 Å². The van der Waals surface area contributed by atoms with Gasteiger partial charge in [-0.1, -0.05) is 35.3 Å². The molecule has 1 unspecified atom stereocenters. The molecule has 0 saturated carbocycles. The lowest BCUT2D eigenvalue weighted by molar-refractivity contribution is 0.166. The zero-order valence-corrected chi connectivity index (χ0v) is 9.63. The maximum Gasteiger partial charge on any atom is 0.0790 e. The van der Waals surface area contributed by atoms with E-state index in [1.807, 2.05) is 25.1 Å². The van der Waals surface area contributed by atoms with Gasteiger partial charge in [-0.15, -0.1) is 0 Å². The Kier molecular flexibility index (Phi) is 3.94. The summed E-state index contributed by atoms with van der Waals surface area (Å²) in [6, 6.07) is 6.06. The molecule has 1 N–H and O–H groups in total. The van der Waals surface area contributed by atoms with E-state index in [1.54, 1.807) is 0 Å². The first kappa shape index (κ1) is 10.7. The number of aryl methyl sites for hydroxylation is 1. The summed E-state index contributed by atoms with van der Waals surface area (Å²) in [4.78, 5) is 0. The summed E-state index contributed by atoms with van der Waals surface area (Å²) in [7, 11) is 0. The summed E-state index contributed by atoms with van der Waals surface area (Å²) in [6.45, 7) is 4.11. The Morgan fingerprint density at radius 3 is 2.62 bits per heavy atom. The van der Waals surface area contributed by atoms with Gasteiger partial charge in [0.25, 0.3) is 0 Å². The molecular formula is C11H15BrO. The summed E-state index contributed by atoms with van der Waals surface area (Å²) in [6.07, 6.45) is 1.52. The lowest BCUT2D eigenvalue weighted by Crippen LogP contribution is -1.96. The highest BCUT2D eigenvalue weighted by atomic mass is 79.9. The molecule has 0 heterocycles. The Morgan fingerprint density at radius 2 is 2.08 bits per heavy atom. The van der Waals surface area contributed by atoms with Crippen molar-refractivity contribution in [3.05, 3.63) is 33.8 Å². The Morgan fingerprint density at radius 1 is 1.38 bits per heavy atom. The summed E-state index contributed by atoms with van der Waals surface area (Å²) >= 11 is 3.42. The number of benzene rings is 1. The maximum atomic E-state index is 9.75. The first-order valence-corrected chi connectivity index (χ1v) is 5.38. The fourth-order valence-electron chi connectivity index (χ4n) is 1.40. The Hall–Kier alpha value is -0.340. The van der Waals surface area contributed by atoms with E-state index < -0.39 is 0 Å². The number of hydrogen-bond donors (Lipinski definition) is 1. The van der Waals surface area contributed by atoms with Gasteiger partial charge in [0.15, 0.2) is 0 Å². The van der Waals surface area contributed by atoms with Gasteiger partial charge in [-0.25, -0.2) is 0 Å². The van der Waals surface area contributed by atoms with Crippen LogP contribution >= 0.6 is 15.9 Å². The molecule has 0 saturated heterocycles. The molecule has 0 radical (unpaired) electrons. The van der Waals surface area contributed by atoms with Crippen LogP contribution in [0.15, 0.2) is 22.7 Å². The largest absolute Gasteiger partial charge is 0.388 e. The topological polar surface area (TPSA) is 20.2 Å². The molecule has 0 aliphatic rings. The minimum atomic E-state index is -0.318. The summed E-state index contributed by atoms with van der Waals surface area (Å²) < 4.78 is 1.04. The first-order valence-electron chi connectivity index (χ1n) is 4.58. The SMILES string of the molecule is CCCC(O)c1cc(C)cc(Br)c1. The van der Waals surface area contributed by atoms with Gasteiger partial charge in [0.1, 0.15) is 0 Å². The predicted molar refractivity (Wildman–Crippen MR) is 58.7 cm³/mol. The van der Waals surface area contributed by atoms with Crippen LogP contribution < -0.4 is 0 Å². The normalized spacial score (nSPS) is 12.9. The van der Waals surface area contributed by atoms with E-state index in [0.29, 0.717) is 0 Å². The molecule has 0 amide bonds. The number of hydrogen-bond acceptors (Lipinski definition) is 1. The lowest BCUT2D eigenvalue weighted by Gasteiger charge is -2.10. The van der Waals surface area contributed by atoms with Crippen molar-refractivity contribution in [2.75, 3.05) is 0 Å². The molecule has 13 heavy (non-hydrogen) atoms. The van der Waals surface area contributed by atoms with Crippen LogP contribution in [0.5, 0.6) is 0 Å². The molecule has 1 rings (SSSR count). The van der Waals surface area contributed by atoms with Crippen molar-refractivity contribution in [1.29, 1.82) is 0 Å². The second-order valence-corrected chi connectivity index (χ2v) is 4.28. The van der Waals surface area contributed by atoms with Gasteiger partial charge >= 0.3 is 0 Å². The maximum absolute atomic E-state index is 9.75. The Bertz CT molecular complexity index is 263. The highest BCUT2D eigenvalue weighted by Crippen LogP contribution is 2.23. The van der Waals surface area contributed by atoms with Crippen molar-refractivity contribution in [2.24, 2.45) is 0 Å². The molecule has 0 bridgehead atoms. The third-order valence-corrected chi connectivity index (χ3v) is 2.47. The molecular weight excluding hydrogens is 228 g/mol. The van der Waals surface area contributed by atoms with Gasteiger partial charge in [0.2, 0.25) is 0 Å². The van der Waals surface area contributed by atoms with Crippen LogP contribution in [0, 0.1) is 6.92 Å². The van der Waals surface area contributed by atoms with Crippen molar-refractivity contribution in [2.45, 2.75) is 32.8 Å². The molecule has 1 nitrogen and oxygen atoms in total. The zero-order valence-electron chi connectivity index (χ0n) is 8.05. The van der Waals surface area contributed by atoms with Crippen LogP contribution in [-0.4, -0.2) is 5.11 Å². The standard InChI is InChI=1S/C11H15BrO/c1-3-4-11(13)9-5-8(2)6-10(12)7-9/h5-7,11,13H,3-4H2,1-2H3. The zero-order chi connectivity index (χ0) is 9.84. The molecule has 1 aromatic rings. The van der Waals surface area contributed by atoms with Crippen molar-refractivity contribution < 1.29 is 5.11 Å². The molecule has 0 aliphatic heterocycles. The third kappa shape index (κ3) is 3.12. The van der Waals surface area contributed by atoms with Crippen LogP contribution in [0.3, 0.4) is 0 Å². The van der Waals surface area contributed by atoms with E-state index in [4.69, 9.17) is 0 Å². The molecule has 2 heteroatoms. The smallest absolute Gasteiger partial charge is 0.0790 e. The van der Waals surface area contributed by atoms with Gasteiger partial charge in [-0.2, -0.15) is 0 Å². The average molecular weight is 243 g/mol. The molecule has 0 spiro atoms. The Balaban J connectivity index is 2.87. The van der Waals surface area contributed by atoms with Crippen LogP contribution in [0.25, 0.3) is 0 Å². The van der Waals surface area contributed by atoms with Gasteiger partial charge in [-0.3, -0.25) is 0 Å². The van der Waals surface area contributed by atoms with E-state index in [2.05, 4.69) is 22.9 Å². The van der Waals surface area contributed by atoms with E-state index in [9.17, 15) is 5.11 Å². The van der Waals surface area contributed by atoms with Gasteiger partial charge in [-0.05, 0) is 36.6 Å². The van der Waals surface area contributed by atoms with Crippen LogP contribution in [0.1, 0.15) is 37.0 Å². The number of halogens is 1. The predicted octanol–water partition coefficient (Wildman–Crippen LogP) is 3.59. The molecule has 0 aliphatic carbocycles. The molecule has 0 aromatic heterocycles. The highest BCUT2D eigenvalue weighted by Gasteiger charge is 2.06. The second kappa shape index (κ2) is 4.77. The first-order chi connectivity index (χ1) is 6.13. The average Bonchev–Trinajstić information content (AvgIpc) is 2.03.